The van der Waals surface area contributed by atoms with Gasteiger partial charge in [-0.2, -0.15) is 0 Å². The molecule has 0 radical (unpaired) electrons. The second-order valence-corrected chi connectivity index (χ2v) is 9.56. The molecule has 24 heavy (non-hydrogen) atoms. The highest BCUT2D eigenvalue weighted by Crippen LogP contribution is 2.62. The summed E-state index contributed by atoms with van der Waals surface area (Å²) in [5, 5.41) is 0. The molecule has 5 heteroatoms. The molecule has 2 atom stereocenters. The minimum absolute atomic E-state index is 0.0827. The van der Waals surface area contributed by atoms with E-state index in [1.54, 1.807) is 0 Å². The number of ether oxygens (including phenoxy) is 1. The summed E-state index contributed by atoms with van der Waals surface area (Å²) in [6.45, 7) is 8.77. The lowest BCUT2D eigenvalue weighted by Gasteiger charge is -2.60. The highest BCUT2D eigenvalue weighted by atomic mass is 16.6. The first kappa shape index (κ1) is 17.6. The van der Waals surface area contributed by atoms with Gasteiger partial charge in [-0.1, -0.05) is 6.92 Å². The molecule has 1 aliphatic heterocycles. The Bertz CT molecular complexity index is 511. The molecule has 2 amide bonds. The average molecular weight is 336 g/mol. The molecule has 1 spiro atoms. The van der Waals surface area contributed by atoms with Crippen LogP contribution in [0, 0.1) is 23.2 Å². The first-order valence-electron chi connectivity index (χ1n) is 9.37. The minimum Gasteiger partial charge on any atom is -0.444 e. The predicted molar refractivity (Wildman–Crippen MR) is 92.2 cm³/mol. The van der Waals surface area contributed by atoms with Gasteiger partial charge in [0.15, 0.2) is 0 Å². The van der Waals surface area contributed by atoms with Crippen molar-refractivity contribution in [2.24, 2.45) is 28.9 Å². The molecule has 2 aliphatic carbocycles. The summed E-state index contributed by atoms with van der Waals surface area (Å²) in [7, 11) is 0. The Labute approximate surface area is 145 Å². The van der Waals surface area contributed by atoms with Crippen LogP contribution in [0.2, 0.25) is 0 Å². The quantitative estimate of drug-likeness (QED) is 0.841. The molecule has 2 saturated carbocycles. The van der Waals surface area contributed by atoms with E-state index in [0.29, 0.717) is 23.3 Å². The molecule has 3 fully saturated rings. The highest BCUT2D eigenvalue weighted by Gasteiger charge is 2.57. The van der Waals surface area contributed by atoms with Gasteiger partial charge in [0.1, 0.15) is 5.60 Å². The van der Waals surface area contributed by atoms with Crippen molar-refractivity contribution in [2.75, 3.05) is 6.54 Å². The van der Waals surface area contributed by atoms with Crippen molar-refractivity contribution in [3.63, 3.8) is 0 Å². The standard InChI is InChI=1S/C19H32N2O3/c1-12-5-6-15(21(11-12)17(23)24-18(2,3)4)13-7-19(8-13)9-14(10-19)16(20)22/h12-15H,5-11H2,1-4H3,(H2,20,22)/t12-,13?,14?,15+,19?/m0/s1. The smallest absolute Gasteiger partial charge is 0.410 e. The SMILES string of the molecule is C[C@H]1CC[C@H](C2CC3(CC(C(N)=O)C3)C2)N(C(=O)OC(C)(C)C)C1. The van der Waals surface area contributed by atoms with E-state index in [2.05, 4.69) is 6.92 Å². The number of likely N-dealkylation sites (tertiary alicyclic amines) is 1. The fraction of sp³-hybridized carbons (Fsp3) is 0.895. The third kappa shape index (κ3) is 3.40. The number of rotatable bonds is 2. The minimum atomic E-state index is -0.453. The van der Waals surface area contributed by atoms with Gasteiger partial charge in [-0.15, -0.1) is 0 Å². The molecule has 0 unspecified atom stereocenters. The van der Waals surface area contributed by atoms with E-state index in [-0.39, 0.29) is 17.9 Å². The monoisotopic (exact) mass is 336 g/mol. The van der Waals surface area contributed by atoms with E-state index in [4.69, 9.17) is 10.5 Å². The summed E-state index contributed by atoms with van der Waals surface area (Å²) in [4.78, 5) is 25.9. The van der Waals surface area contributed by atoms with Gasteiger partial charge in [0.2, 0.25) is 5.91 Å². The molecule has 1 heterocycles. The topological polar surface area (TPSA) is 72.6 Å². The molecule has 0 aromatic heterocycles. The van der Waals surface area contributed by atoms with Crippen LogP contribution in [0.4, 0.5) is 4.79 Å². The van der Waals surface area contributed by atoms with Crippen molar-refractivity contribution in [1.82, 2.24) is 4.90 Å². The van der Waals surface area contributed by atoms with Gasteiger partial charge in [0.25, 0.3) is 0 Å². The lowest BCUT2D eigenvalue weighted by atomic mass is 9.46. The van der Waals surface area contributed by atoms with Crippen molar-refractivity contribution in [1.29, 1.82) is 0 Å². The van der Waals surface area contributed by atoms with E-state index < -0.39 is 5.60 Å². The Morgan fingerprint density at radius 2 is 1.75 bits per heavy atom. The number of hydrogen-bond donors (Lipinski definition) is 1. The number of carbonyl (C=O) groups excluding carboxylic acids is 2. The Hall–Kier alpha value is -1.26. The molecule has 136 valence electrons. The highest BCUT2D eigenvalue weighted by molar-refractivity contribution is 5.78. The molecule has 5 nitrogen and oxygen atoms in total. The number of nitrogens with zero attached hydrogens (tertiary/aromatic N) is 1. The van der Waals surface area contributed by atoms with Crippen LogP contribution in [-0.4, -0.2) is 35.1 Å². The number of piperidine rings is 1. The molecule has 3 aliphatic rings. The molecule has 0 aromatic rings. The van der Waals surface area contributed by atoms with Gasteiger partial charge in [-0.3, -0.25) is 4.79 Å². The number of nitrogens with two attached hydrogens (primary N) is 1. The molecule has 1 saturated heterocycles. The molecule has 0 bridgehead atoms. The summed E-state index contributed by atoms with van der Waals surface area (Å²) in [5.41, 5.74) is 5.29. The van der Waals surface area contributed by atoms with Crippen LogP contribution in [0.5, 0.6) is 0 Å². The van der Waals surface area contributed by atoms with Gasteiger partial charge >= 0.3 is 6.09 Å². The van der Waals surface area contributed by atoms with Crippen LogP contribution in [0.25, 0.3) is 0 Å². The Morgan fingerprint density at radius 3 is 2.29 bits per heavy atom. The normalized spacial score (nSPS) is 39.1. The zero-order valence-corrected chi connectivity index (χ0v) is 15.5. The van der Waals surface area contributed by atoms with Crippen molar-refractivity contribution < 1.29 is 14.3 Å². The largest absolute Gasteiger partial charge is 0.444 e. The zero-order chi connectivity index (χ0) is 17.7. The lowest BCUT2D eigenvalue weighted by Crippen LogP contribution is -2.59. The van der Waals surface area contributed by atoms with E-state index in [9.17, 15) is 9.59 Å². The Balaban J connectivity index is 1.60. The molecular weight excluding hydrogens is 304 g/mol. The lowest BCUT2D eigenvalue weighted by molar-refractivity contribution is -0.142. The third-order valence-electron chi connectivity index (χ3n) is 6.19. The van der Waals surface area contributed by atoms with Gasteiger partial charge in [-0.05, 0) is 76.5 Å². The maximum absolute atomic E-state index is 12.6. The van der Waals surface area contributed by atoms with E-state index in [0.717, 1.165) is 38.6 Å². The van der Waals surface area contributed by atoms with Gasteiger partial charge in [0.05, 0.1) is 0 Å². The maximum Gasteiger partial charge on any atom is 0.410 e. The summed E-state index contributed by atoms with van der Waals surface area (Å²) in [6.07, 6.45) is 6.26. The Morgan fingerprint density at radius 1 is 1.12 bits per heavy atom. The van der Waals surface area contributed by atoms with Crippen LogP contribution in [0.3, 0.4) is 0 Å². The van der Waals surface area contributed by atoms with Gasteiger partial charge in [0, 0.05) is 18.5 Å². The van der Waals surface area contributed by atoms with Crippen molar-refractivity contribution in [2.45, 2.75) is 77.9 Å². The molecule has 3 rings (SSSR count). The van der Waals surface area contributed by atoms with E-state index >= 15 is 0 Å². The third-order valence-corrected chi connectivity index (χ3v) is 6.19. The molecule has 2 N–H and O–H groups in total. The molecule has 0 aromatic carbocycles. The average Bonchev–Trinajstić information content (AvgIpc) is 2.34. The van der Waals surface area contributed by atoms with Crippen LogP contribution in [0.1, 0.15) is 66.2 Å². The van der Waals surface area contributed by atoms with Crippen molar-refractivity contribution in [3.05, 3.63) is 0 Å². The predicted octanol–water partition coefficient (Wildman–Crippen LogP) is 3.31. The zero-order valence-electron chi connectivity index (χ0n) is 15.5. The number of amides is 2. The molecular formula is C19H32N2O3. The van der Waals surface area contributed by atoms with Crippen molar-refractivity contribution in [3.8, 4) is 0 Å². The summed E-state index contributed by atoms with van der Waals surface area (Å²) < 4.78 is 5.64. The second-order valence-electron chi connectivity index (χ2n) is 9.56. The van der Waals surface area contributed by atoms with Crippen molar-refractivity contribution >= 4 is 12.0 Å². The van der Waals surface area contributed by atoms with Crippen LogP contribution >= 0.6 is 0 Å². The fourth-order valence-corrected chi connectivity index (χ4v) is 5.04. The second kappa shape index (κ2) is 5.92. The Kier molecular flexibility index (Phi) is 4.33. The first-order chi connectivity index (χ1) is 11.1. The van der Waals surface area contributed by atoms with E-state index in [1.807, 2.05) is 25.7 Å². The summed E-state index contributed by atoms with van der Waals surface area (Å²) in [5.74, 6) is 1.02. The van der Waals surface area contributed by atoms with Gasteiger partial charge < -0.3 is 15.4 Å². The summed E-state index contributed by atoms with van der Waals surface area (Å²) in [6, 6.07) is 0.300. The van der Waals surface area contributed by atoms with Crippen LogP contribution in [-0.2, 0) is 9.53 Å². The van der Waals surface area contributed by atoms with Crippen LogP contribution < -0.4 is 5.73 Å². The maximum atomic E-state index is 12.6. The van der Waals surface area contributed by atoms with Crippen LogP contribution in [0.15, 0.2) is 0 Å². The summed E-state index contributed by atoms with van der Waals surface area (Å²) >= 11 is 0. The van der Waals surface area contributed by atoms with Gasteiger partial charge in [-0.25, -0.2) is 4.79 Å². The first-order valence-corrected chi connectivity index (χ1v) is 9.37. The fourth-order valence-electron chi connectivity index (χ4n) is 5.04. The number of hydrogen-bond acceptors (Lipinski definition) is 3. The number of primary amides is 1. The van der Waals surface area contributed by atoms with E-state index in [1.165, 1.54) is 6.42 Å². The number of carbonyl (C=O) groups is 2.